The number of ether oxygens (including phenoxy) is 1. The zero-order chi connectivity index (χ0) is 20.1. The molecule has 0 bridgehead atoms. The van der Waals surface area contributed by atoms with Gasteiger partial charge in [-0.05, 0) is 49.1 Å². The highest BCUT2D eigenvalue weighted by Crippen LogP contribution is 2.15. The lowest BCUT2D eigenvalue weighted by atomic mass is 10.1. The van der Waals surface area contributed by atoms with Gasteiger partial charge in [-0.1, -0.05) is 12.1 Å². The minimum atomic E-state index is -0.442. The molecular weight excluding hydrogens is 363 g/mol. The average Bonchev–Trinajstić information content (AvgIpc) is 3.18. The number of carbonyl (C=O) groups excluding carboxylic acids is 1. The van der Waals surface area contributed by atoms with Gasteiger partial charge in [0.25, 0.3) is 11.5 Å². The molecule has 1 aliphatic rings. The largest absolute Gasteiger partial charge is 0.395 e. The molecule has 1 unspecified atom stereocenters. The van der Waals surface area contributed by atoms with Crippen molar-refractivity contribution in [1.29, 1.82) is 0 Å². The minimum Gasteiger partial charge on any atom is -0.395 e. The van der Waals surface area contributed by atoms with Crippen LogP contribution in [0.4, 0.5) is 4.39 Å². The van der Waals surface area contributed by atoms with Gasteiger partial charge in [-0.25, -0.2) is 4.39 Å². The third-order valence-corrected chi connectivity index (χ3v) is 4.96. The summed E-state index contributed by atoms with van der Waals surface area (Å²) in [5.41, 5.74) is 1.04. The van der Waals surface area contributed by atoms with Crippen LogP contribution in [0.2, 0.25) is 0 Å². The SMILES string of the molecule is Cc1ccn(CC2CCCO2)c(=O)c1C(=O)N(CCO)Cc1ccc(F)cc1. The second-order valence-electron chi connectivity index (χ2n) is 7.04. The van der Waals surface area contributed by atoms with E-state index in [4.69, 9.17) is 4.74 Å². The van der Waals surface area contributed by atoms with Crippen molar-refractivity contribution in [1.82, 2.24) is 9.47 Å². The van der Waals surface area contributed by atoms with Crippen LogP contribution in [0, 0.1) is 12.7 Å². The molecule has 1 aliphatic heterocycles. The van der Waals surface area contributed by atoms with E-state index in [-0.39, 0.29) is 42.7 Å². The van der Waals surface area contributed by atoms with E-state index in [9.17, 15) is 19.1 Å². The first kappa shape index (κ1) is 20.2. The number of halogens is 1. The molecular formula is C21H25FN2O4. The van der Waals surface area contributed by atoms with Gasteiger partial charge in [-0.3, -0.25) is 9.59 Å². The molecule has 1 saturated heterocycles. The highest BCUT2D eigenvalue weighted by atomic mass is 19.1. The van der Waals surface area contributed by atoms with E-state index >= 15 is 0 Å². The number of benzene rings is 1. The summed E-state index contributed by atoms with van der Waals surface area (Å²) >= 11 is 0. The minimum absolute atomic E-state index is 0.0175. The summed E-state index contributed by atoms with van der Waals surface area (Å²) in [5, 5.41) is 9.38. The Morgan fingerprint density at radius 1 is 1.32 bits per heavy atom. The Bertz CT molecular complexity index is 873. The molecule has 2 aromatic rings. The van der Waals surface area contributed by atoms with Crippen LogP contribution >= 0.6 is 0 Å². The molecule has 2 heterocycles. The number of aliphatic hydroxyl groups excluding tert-OH is 1. The van der Waals surface area contributed by atoms with Gasteiger partial charge in [0.05, 0.1) is 19.3 Å². The number of hydrogen-bond acceptors (Lipinski definition) is 4. The van der Waals surface area contributed by atoms with Crippen molar-refractivity contribution in [2.75, 3.05) is 19.8 Å². The molecule has 1 fully saturated rings. The number of nitrogens with zero attached hydrogens (tertiary/aromatic N) is 2. The number of carbonyl (C=O) groups is 1. The fourth-order valence-electron chi connectivity index (χ4n) is 3.42. The van der Waals surface area contributed by atoms with Crippen molar-refractivity contribution >= 4 is 5.91 Å². The Morgan fingerprint density at radius 3 is 2.71 bits per heavy atom. The number of aliphatic hydroxyl groups is 1. The van der Waals surface area contributed by atoms with E-state index in [1.807, 2.05) is 0 Å². The number of aromatic nitrogens is 1. The quantitative estimate of drug-likeness (QED) is 0.789. The average molecular weight is 388 g/mol. The normalized spacial score (nSPS) is 16.3. The topological polar surface area (TPSA) is 71.8 Å². The summed E-state index contributed by atoms with van der Waals surface area (Å²) in [6, 6.07) is 7.55. The Morgan fingerprint density at radius 2 is 2.07 bits per heavy atom. The lowest BCUT2D eigenvalue weighted by Crippen LogP contribution is -2.39. The highest BCUT2D eigenvalue weighted by Gasteiger charge is 2.24. The van der Waals surface area contributed by atoms with E-state index in [1.165, 1.54) is 21.6 Å². The Balaban J connectivity index is 1.86. The fraction of sp³-hybridized carbons (Fsp3) is 0.429. The van der Waals surface area contributed by atoms with Gasteiger partial charge >= 0.3 is 0 Å². The van der Waals surface area contributed by atoms with Crippen LogP contribution in [0.1, 0.15) is 34.3 Å². The standard InChI is InChI=1S/C21H25FN2O4/c1-15-8-9-23(14-18-3-2-12-28-18)20(26)19(15)21(27)24(10-11-25)13-16-4-6-17(22)7-5-16/h4-9,18,25H,2-3,10-14H2,1H3. The second kappa shape index (κ2) is 9.12. The van der Waals surface area contributed by atoms with Crippen molar-refractivity contribution < 1.29 is 19.0 Å². The molecule has 0 radical (unpaired) electrons. The van der Waals surface area contributed by atoms with E-state index in [0.717, 1.165) is 18.4 Å². The number of aryl methyl sites for hydroxylation is 1. The van der Waals surface area contributed by atoms with Crippen LogP contribution in [0.5, 0.6) is 0 Å². The van der Waals surface area contributed by atoms with Gasteiger partial charge in [0.2, 0.25) is 0 Å². The second-order valence-corrected chi connectivity index (χ2v) is 7.04. The molecule has 1 atom stereocenters. The predicted octanol–water partition coefficient (Wildman–Crippen LogP) is 2.11. The Hall–Kier alpha value is -2.51. The van der Waals surface area contributed by atoms with Gasteiger partial charge < -0.3 is 19.3 Å². The molecule has 7 heteroatoms. The van der Waals surface area contributed by atoms with Crippen molar-refractivity contribution in [3.8, 4) is 0 Å². The third kappa shape index (κ3) is 4.66. The summed E-state index contributed by atoms with van der Waals surface area (Å²) in [6.07, 6.45) is 3.53. The fourth-order valence-corrected chi connectivity index (χ4v) is 3.42. The maximum atomic E-state index is 13.1. The van der Waals surface area contributed by atoms with Gasteiger partial charge in [-0.2, -0.15) is 0 Å². The predicted molar refractivity (Wildman–Crippen MR) is 103 cm³/mol. The monoisotopic (exact) mass is 388 g/mol. The smallest absolute Gasteiger partial charge is 0.263 e. The lowest BCUT2D eigenvalue weighted by molar-refractivity contribution is 0.0702. The molecule has 1 aromatic heterocycles. The van der Waals surface area contributed by atoms with Crippen LogP contribution in [-0.4, -0.2) is 46.3 Å². The maximum Gasteiger partial charge on any atom is 0.263 e. The highest BCUT2D eigenvalue weighted by molar-refractivity contribution is 5.95. The van der Waals surface area contributed by atoms with Crippen molar-refractivity contribution in [2.45, 2.75) is 39.0 Å². The van der Waals surface area contributed by atoms with Gasteiger partial charge in [0.1, 0.15) is 11.4 Å². The van der Waals surface area contributed by atoms with E-state index in [2.05, 4.69) is 0 Å². The van der Waals surface area contributed by atoms with Crippen LogP contribution in [0.3, 0.4) is 0 Å². The Kier molecular flexibility index (Phi) is 6.59. The summed E-state index contributed by atoms with van der Waals surface area (Å²) in [5.74, 6) is -0.803. The van der Waals surface area contributed by atoms with Crippen LogP contribution < -0.4 is 5.56 Å². The molecule has 3 rings (SSSR count). The number of amides is 1. The van der Waals surface area contributed by atoms with Crippen molar-refractivity contribution in [3.63, 3.8) is 0 Å². The maximum absolute atomic E-state index is 13.1. The first-order valence-electron chi connectivity index (χ1n) is 9.46. The van der Waals surface area contributed by atoms with E-state index < -0.39 is 5.91 Å². The first-order valence-corrected chi connectivity index (χ1v) is 9.46. The molecule has 0 aliphatic carbocycles. The van der Waals surface area contributed by atoms with Crippen molar-refractivity contribution in [2.24, 2.45) is 0 Å². The van der Waals surface area contributed by atoms with Crippen LogP contribution in [-0.2, 0) is 17.8 Å². The van der Waals surface area contributed by atoms with Crippen LogP contribution in [0.25, 0.3) is 0 Å². The zero-order valence-corrected chi connectivity index (χ0v) is 15.9. The number of hydrogen-bond donors (Lipinski definition) is 1. The van der Waals surface area contributed by atoms with E-state index in [1.54, 1.807) is 31.3 Å². The molecule has 0 spiro atoms. The summed E-state index contributed by atoms with van der Waals surface area (Å²) in [6.45, 7) is 2.86. The van der Waals surface area contributed by atoms with Gasteiger partial charge in [0, 0.05) is 25.9 Å². The molecule has 1 amide bonds. The summed E-state index contributed by atoms with van der Waals surface area (Å²) < 4.78 is 20.3. The lowest BCUT2D eigenvalue weighted by Gasteiger charge is -2.23. The first-order chi connectivity index (χ1) is 13.5. The number of pyridine rings is 1. The van der Waals surface area contributed by atoms with E-state index in [0.29, 0.717) is 18.7 Å². The molecule has 0 saturated carbocycles. The Labute approximate surface area is 163 Å². The third-order valence-electron chi connectivity index (χ3n) is 4.96. The molecule has 1 aromatic carbocycles. The van der Waals surface area contributed by atoms with Gasteiger partial charge in [-0.15, -0.1) is 0 Å². The molecule has 1 N–H and O–H groups in total. The number of rotatable bonds is 7. The zero-order valence-electron chi connectivity index (χ0n) is 15.9. The molecule has 6 nitrogen and oxygen atoms in total. The van der Waals surface area contributed by atoms with Crippen LogP contribution in [0.15, 0.2) is 41.3 Å². The molecule has 150 valence electrons. The molecule has 28 heavy (non-hydrogen) atoms. The summed E-state index contributed by atoms with van der Waals surface area (Å²) in [7, 11) is 0. The van der Waals surface area contributed by atoms with Crippen molar-refractivity contribution in [3.05, 3.63) is 69.4 Å². The van der Waals surface area contributed by atoms with Gasteiger partial charge in [0.15, 0.2) is 0 Å². The summed E-state index contributed by atoms with van der Waals surface area (Å²) in [4.78, 5) is 27.5.